The minimum absolute atomic E-state index is 0.250. The van der Waals surface area contributed by atoms with Crippen LogP contribution in [0, 0.1) is 0 Å². The van der Waals surface area contributed by atoms with E-state index in [0.29, 0.717) is 0 Å². The average molecular weight is 194 g/mol. The standard InChI is InChI=1S/C8H13F3N2/c1-5-12-7(8(9,10)11)13(4)6(2)3/h5-6H,1H2,2-4H3. The maximum atomic E-state index is 12.3. The zero-order valence-electron chi connectivity index (χ0n) is 7.89. The first-order valence-electron chi connectivity index (χ1n) is 3.79. The fourth-order valence-corrected chi connectivity index (χ4v) is 0.695. The lowest BCUT2D eigenvalue weighted by Gasteiger charge is -2.26. The van der Waals surface area contributed by atoms with E-state index < -0.39 is 12.0 Å². The Balaban J connectivity index is 4.83. The lowest BCUT2D eigenvalue weighted by atomic mass is 10.3. The van der Waals surface area contributed by atoms with Crippen molar-refractivity contribution in [3.63, 3.8) is 0 Å². The van der Waals surface area contributed by atoms with Crippen molar-refractivity contribution >= 4 is 5.84 Å². The van der Waals surface area contributed by atoms with Crippen LogP contribution in [0.4, 0.5) is 13.2 Å². The lowest BCUT2D eigenvalue weighted by molar-refractivity contribution is -0.0689. The number of amidine groups is 1. The molecule has 13 heavy (non-hydrogen) atoms. The number of hydrogen-bond donors (Lipinski definition) is 0. The number of alkyl halides is 3. The third-order valence-electron chi connectivity index (χ3n) is 1.58. The largest absolute Gasteiger partial charge is 0.449 e. The van der Waals surface area contributed by atoms with E-state index in [1.807, 2.05) is 0 Å². The summed E-state index contributed by atoms with van der Waals surface area (Å²) in [6, 6.07) is -0.250. The molecular formula is C8H13F3N2. The highest BCUT2D eigenvalue weighted by molar-refractivity contribution is 5.88. The Hall–Kier alpha value is -1.00. The fourth-order valence-electron chi connectivity index (χ4n) is 0.695. The van der Waals surface area contributed by atoms with Gasteiger partial charge < -0.3 is 4.90 Å². The molecule has 0 aromatic heterocycles. The summed E-state index contributed by atoms with van der Waals surface area (Å²) in [6.45, 7) is 6.46. The molecule has 0 fully saturated rings. The predicted octanol–water partition coefficient (Wildman–Crippen LogP) is 2.43. The first kappa shape index (κ1) is 12.0. The quantitative estimate of drug-likeness (QED) is 0.487. The smallest absolute Gasteiger partial charge is 0.353 e. The molecule has 2 nitrogen and oxygen atoms in total. The summed E-state index contributed by atoms with van der Waals surface area (Å²) in [7, 11) is 1.35. The highest BCUT2D eigenvalue weighted by Crippen LogP contribution is 2.20. The fraction of sp³-hybridized carbons (Fsp3) is 0.625. The molecular weight excluding hydrogens is 181 g/mol. The number of halogens is 3. The number of hydrogen-bond acceptors (Lipinski definition) is 1. The van der Waals surface area contributed by atoms with Gasteiger partial charge in [-0.2, -0.15) is 13.2 Å². The van der Waals surface area contributed by atoms with Crippen LogP contribution in [-0.4, -0.2) is 30.0 Å². The summed E-state index contributed by atoms with van der Waals surface area (Å²) in [6.07, 6.45) is -3.53. The van der Waals surface area contributed by atoms with Crippen LogP contribution < -0.4 is 0 Å². The molecule has 0 amide bonds. The second-order valence-corrected chi connectivity index (χ2v) is 2.84. The van der Waals surface area contributed by atoms with Crippen LogP contribution in [0.2, 0.25) is 0 Å². The minimum Gasteiger partial charge on any atom is -0.353 e. The van der Waals surface area contributed by atoms with Gasteiger partial charge in [0.15, 0.2) is 0 Å². The lowest BCUT2D eigenvalue weighted by Crippen LogP contribution is -2.42. The van der Waals surface area contributed by atoms with Crippen molar-refractivity contribution in [3.8, 4) is 0 Å². The Labute approximate surface area is 75.8 Å². The Morgan fingerprint density at radius 1 is 1.46 bits per heavy atom. The van der Waals surface area contributed by atoms with Crippen LogP contribution in [-0.2, 0) is 0 Å². The minimum atomic E-state index is -4.42. The van der Waals surface area contributed by atoms with Gasteiger partial charge in [0.2, 0.25) is 5.84 Å². The van der Waals surface area contributed by atoms with Crippen molar-refractivity contribution in [1.29, 1.82) is 0 Å². The van der Waals surface area contributed by atoms with E-state index in [1.54, 1.807) is 13.8 Å². The third-order valence-corrected chi connectivity index (χ3v) is 1.58. The van der Waals surface area contributed by atoms with Crippen molar-refractivity contribution < 1.29 is 13.2 Å². The number of aliphatic imine (C=N–C) groups is 1. The van der Waals surface area contributed by atoms with Crippen molar-refractivity contribution in [2.45, 2.75) is 26.1 Å². The van der Waals surface area contributed by atoms with E-state index in [1.165, 1.54) is 7.05 Å². The topological polar surface area (TPSA) is 15.6 Å². The van der Waals surface area contributed by atoms with Gasteiger partial charge in [-0.1, -0.05) is 6.58 Å². The highest BCUT2D eigenvalue weighted by atomic mass is 19.4. The first-order chi connectivity index (χ1) is 5.80. The van der Waals surface area contributed by atoms with Crippen LogP contribution in [0.25, 0.3) is 0 Å². The van der Waals surface area contributed by atoms with Gasteiger partial charge in [-0.15, -0.1) is 0 Å². The third kappa shape index (κ3) is 3.48. The molecule has 0 atom stereocenters. The van der Waals surface area contributed by atoms with E-state index in [2.05, 4.69) is 11.6 Å². The van der Waals surface area contributed by atoms with Crippen molar-refractivity contribution in [2.24, 2.45) is 4.99 Å². The van der Waals surface area contributed by atoms with E-state index in [-0.39, 0.29) is 6.04 Å². The van der Waals surface area contributed by atoms with Gasteiger partial charge in [0.05, 0.1) is 0 Å². The Morgan fingerprint density at radius 3 is 2.15 bits per heavy atom. The van der Waals surface area contributed by atoms with Gasteiger partial charge in [-0.25, -0.2) is 4.99 Å². The molecule has 0 bridgehead atoms. The maximum Gasteiger partial charge on any atom is 0.449 e. The maximum absolute atomic E-state index is 12.3. The van der Waals surface area contributed by atoms with Crippen LogP contribution >= 0.6 is 0 Å². The summed E-state index contributed by atoms with van der Waals surface area (Å²) in [4.78, 5) is 4.26. The first-order valence-corrected chi connectivity index (χ1v) is 3.79. The zero-order valence-corrected chi connectivity index (χ0v) is 7.89. The van der Waals surface area contributed by atoms with Crippen molar-refractivity contribution in [3.05, 3.63) is 12.8 Å². The molecule has 0 rings (SSSR count). The summed E-state index contributed by atoms with van der Waals surface area (Å²) in [5, 5.41) is 0. The number of rotatable bonds is 2. The Bertz CT molecular complexity index is 206. The van der Waals surface area contributed by atoms with E-state index in [0.717, 1.165) is 11.1 Å². The molecule has 0 N–H and O–H groups in total. The summed E-state index contributed by atoms with van der Waals surface area (Å²) in [5.74, 6) is -0.919. The Kier molecular flexibility index (Phi) is 3.97. The second kappa shape index (κ2) is 4.30. The molecule has 0 saturated carbocycles. The van der Waals surface area contributed by atoms with Gasteiger partial charge in [-0.3, -0.25) is 0 Å². The summed E-state index contributed by atoms with van der Waals surface area (Å²) < 4.78 is 36.9. The summed E-state index contributed by atoms with van der Waals surface area (Å²) in [5.41, 5.74) is 0. The zero-order chi connectivity index (χ0) is 10.6. The van der Waals surface area contributed by atoms with E-state index >= 15 is 0 Å². The van der Waals surface area contributed by atoms with Crippen LogP contribution in [0.1, 0.15) is 13.8 Å². The number of nitrogens with zero attached hydrogens (tertiary/aromatic N) is 2. The van der Waals surface area contributed by atoms with Gasteiger partial charge in [0, 0.05) is 19.3 Å². The molecule has 0 aliphatic carbocycles. The average Bonchev–Trinajstić information content (AvgIpc) is 1.96. The van der Waals surface area contributed by atoms with Crippen LogP contribution in [0.15, 0.2) is 17.8 Å². The van der Waals surface area contributed by atoms with Crippen LogP contribution in [0.3, 0.4) is 0 Å². The van der Waals surface area contributed by atoms with Gasteiger partial charge in [0.1, 0.15) is 0 Å². The SMILES string of the molecule is C=CN=C(N(C)C(C)C)C(F)(F)F. The monoisotopic (exact) mass is 194 g/mol. The molecule has 0 aliphatic heterocycles. The Morgan fingerprint density at radius 2 is 1.92 bits per heavy atom. The van der Waals surface area contributed by atoms with Crippen molar-refractivity contribution in [2.75, 3.05) is 7.05 Å². The predicted molar refractivity (Wildman–Crippen MR) is 46.6 cm³/mol. The van der Waals surface area contributed by atoms with Gasteiger partial charge in [-0.05, 0) is 13.8 Å². The molecule has 0 spiro atoms. The van der Waals surface area contributed by atoms with E-state index in [4.69, 9.17) is 0 Å². The van der Waals surface area contributed by atoms with Gasteiger partial charge >= 0.3 is 6.18 Å². The molecule has 0 saturated heterocycles. The molecule has 0 radical (unpaired) electrons. The second-order valence-electron chi connectivity index (χ2n) is 2.84. The molecule has 76 valence electrons. The van der Waals surface area contributed by atoms with Crippen molar-refractivity contribution in [1.82, 2.24) is 4.90 Å². The van der Waals surface area contributed by atoms with Gasteiger partial charge in [0.25, 0.3) is 0 Å². The molecule has 0 aliphatic rings. The normalized spacial score (nSPS) is 13.3. The molecule has 0 unspecified atom stereocenters. The highest BCUT2D eigenvalue weighted by Gasteiger charge is 2.38. The summed E-state index contributed by atoms with van der Waals surface area (Å²) >= 11 is 0. The molecule has 0 aromatic carbocycles. The van der Waals surface area contributed by atoms with E-state index in [9.17, 15) is 13.2 Å². The molecule has 0 heterocycles. The van der Waals surface area contributed by atoms with Crippen LogP contribution in [0.5, 0.6) is 0 Å². The molecule has 0 aromatic rings. The molecule has 5 heteroatoms.